The number of aromatic nitrogens is 2. The van der Waals surface area contributed by atoms with Crippen LogP contribution in [0.5, 0.6) is 0 Å². The van der Waals surface area contributed by atoms with Gasteiger partial charge in [0.15, 0.2) is 0 Å². The third kappa shape index (κ3) is 4.27. The van der Waals surface area contributed by atoms with Gasteiger partial charge in [-0.2, -0.15) is 10.4 Å². The third-order valence-electron chi connectivity index (χ3n) is 3.67. The molecule has 2 aromatic carbocycles. The zero-order valence-corrected chi connectivity index (χ0v) is 15.5. The van der Waals surface area contributed by atoms with Crippen molar-refractivity contribution >= 4 is 28.1 Å². The monoisotopic (exact) mass is 425 g/mol. The summed E-state index contributed by atoms with van der Waals surface area (Å²) < 4.78 is 13.8. The number of H-pyrrole nitrogens is 1. The Balaban J connectivity index is 1.91. The number of halogens is 2. The maximum atomic E-state index is 13.8. The first-order valence-corrected chi connectivity index (χ1v) is 8.98. The summed E-state index contributed by atoms with van der Waals surface area (Å²) in [6.07, 6.45) is 1.29. The molecule has 1 heterocycles. The molecule has 0 aliphatic rings. The van der Waals surface area contributed by atoms with Crippen molar-refractivity contribution in [1.29, 1.82) is 5.26 Å². The molecule has 0 atom stereocenters. The van der Waals surface area contributed by atoms with E-state index in [9.17, 15) is 14.4 Å². The number of hydrogen-bond acceptors (Lipinski definition) is 5. The lowest BCUT2D eigenvalue weighted by atomic mass is 10.1. The topological polar surface area (TPSA) is 93.9 Å². The molecule has 0 aliphatic heterocycles. The molecule has 0 bridgehead atoms. The third-order valence-corrected chi connectivity index (χ3v) is 4.31. The van der Waals surface area contributed by atoms with Crippen molar-refractivity contribution < 1.29 is 4.39 Å². The first-order chi connectivity index (χ1) is 13.1. The van der Waals surface area contributed by atoms with E-state index in [1.807, 2.05) is 12.1 Å². The quantitative estimate of drug-likeness (QED) is 0.369. The molecule has 0 saturated carbocycles. The van der Waals surface area contributed by atoms with E-state index in [1.54, 1.807) is 36.4 Å². The number of nitrogens with zero attached hydrogens (tertiary/aromatic N) is 3. The van der Waals surface area contributed by atoms with Crippen molar-refractivity contribution in [2.75, 3.05) is 5.43 Å². The highest BCUT2D eigenvalue weighted by Gasteiger charge is 2.12. The number of rotatable bonds is 5. The number of nitriles is 1. The van der Waals surface area contributed by atoms with E-state index in [0.29, 0.717) is 16.5 Å². The number of benzene rings is 2. The largest absolute Gasteiger partial charge is 0.290 e. The fraction of sp³-hybridized carbons (Fsp3) is 0.0526. The van der Waals surface area contributed by atoms with Crippen LogP contribution in [0.2, 0.25) is 0 Å². The van der Waals surface area contributed by atoms with Crippen LogP contribution in [0.25, 0.3) is 11.3 Å². The Labute approximate surface area is 162 Å². The first kappa shape index (κ1) is 18.5. The molecule has 27 heavy (non-hydrogen) atoms. The SMILES string of the molecule is N#Cc1c(-c2ccccc2)nc(NN=Cc2cc(CBr)ccc2F)[nH]c1=O. The highest BCUT2D eigenvalue weighted by molar-refractivity contribution is 9.08. The van der Waals surface area contributed by atoms with Gasteiger partial charge in [-0.3, -0.25) is 9.78 Å². The molecule has 0 fully saturated rings. The summed E-state index contributed by atoms with van der Waals surface area (Å²) in [5, 5.41) is 13.8. The van der Waals surface area contributed by atoms with Crippen LogP contribution in [0, 0.1) is 17.1 Å². The van der Waals surface area contributed by atoms with Gasteiger partial charge in [0.1, 0.15) is 17.4 Å². The number of hydrogen-bond donors (Lipinski definition) is 2. The Morgan fingerprint density at radius 3 is 2.78 bits per heavy atom. The molecule has 134 valence electrons. The summed E-state index contributed by atoms with van der Waals surface area (Å²) in [5.41, 5.74) is 3.96. The van der Waals surface area contributed by atoms with E-state index in [1.165, 1.54) is 12.3 Å². The second-order valence-electron chi connectivity index (χ2n) is 5.48. The van der Waals surface area contributed by atoms with Crippen molar-refractivity contribution in [1.82, 2.24) is 9.97 Å². The standard InChI is InChI=1S/C19H13BrFN5O/c20-9-12-6-7-16(21)14(8-12)11-23-26-19-24-17(13-4-2-1-3-5-13)15(10-22)18(27)25-19/h1-8,11H,9H2,(H2,24,25,26,27). The molecule has 6 nitrogen and oxygen atoms in total. The maximum absolute atomic E-state index is 13.8. The van der Waals surface area contributed by atoms with Crippen LogP contribution >= 0.6 is 15.9 Å². The minimum Gasteiger partial charge on any atom is -0.290 e. The molecule has 0 spiro atoms. The molecule has 1 aromatic heterocycles. The van der Waals surface area contributed by atoms with Gasteiger partial charge >= 0.3 is 0 Å². The summed E-state index contributed by atoms with van der Waals surface area (Å²) in [4.78, 5) is 18.9. The summed E-state index contributed by atoms with van der Waals surface area (Å²) in [6, 6.07) is 15.4. The zero-order valence-electron chi connectivity index (χ0n) is 13.9. The van der Waals surface area contributed by atoms with E-state index >= 15 is 0 Å². The summed E-state index contributed by atoms with van der Waals surface area (Å²) in [5.74, 6) is -0.373. The van der Waals surface area contributed by atoms with Crippen LogP contribution < -0.4 is 11.0 Å². The minimum absolute atomic E-state index is 0.0474. The zero-order chi connectivity index (χ0) is 19.2. The molecule has 2 N–H and O–H groups in total. The van der Waals surface area contributed by atoms with Gasteiger partial charge in [-0.1, -0.05) is 52.3 Å². The van der Waals surface area contributed by atoms with Gasteiger partial charge in [0, 0.05) is 16.5 Å². The Morgan fingerprint density at radius 2 is 2.07 bits per heavy atom. The summed E-state index contributed by atoms with van der Waals surface area (Å²) in [6.45, 7) is 0. The molecule has 0 aliphatic carbocycles. The van der Waals surface area contributed by atoms with E-state index in [2.05, 4.69) is 36.4 Å². The molecular formula is C19H13BrFN5O. The van der Waals surface area contributed by atoms with Gasteiger partial charge in [0.05, 0.1) is 11.9 Å². The Hall–Kier alpha value is -3.31. The molecule has 3 aromatic rings. The van der Waals surface area contributed by atoms with Crippen molar-refractivity contribution in [3.63, 3.8) is 0 Å². The van der Waals surface area contributed by atoms with Gasteiger partial charge in [-0.15, -0.1) is 0 Å². The Morgan fingerprint density at radius 1 is 1.30 bits per heavy atom. The Kier molecular flexibility index (Phi) is 5.74. The first-order valence-electron chi connectivity index (χ1n) is 7.85. The number of anilines is 1. The van der Waals surface area contributed by atoms with E-state index < -0.39 is 11.4 Å². The summed E-state index contributed by atoms with van der Waals surface area (Å²) >= 11 is 3.31. The highest BCUT2D eigenvalue weighted by Crippen LogP contribution is 2.19. The number of nitrogens with one attached hydrogen (secondary N) is 2. The minimum atomic E-state index is -0.587. The van der Waals surface area contributed by atoms with Crippen LogP contribution in [0.1, 0.15) is 16.7 Å². The van der Waals surface area contributed by atoms with Crippen LogP contribution in [0.15, 0.2) is 58.4 Å². The van der Waals surface area contributed by atoms with E-state index in [0.717, 1.165) is 5.56 Å². The summed E-state index contributed by atoms with van der Waals surface area (Å²) in [7, 11) is 0. The highest BCUT2D eigenvalue weighted by atomic mass is 79.9. The van der Waals surface area contributed by atoms with E-state index in [-0.39, 0.29) is 17.2 Å². The number of aromatic amines is 1. The molecule has 0 radical (unpaired) electrons. The Bertz CT molecular complexity index is 1090. The molecular weight excluding hydrogens is 413 g/mol. The van der Waals surface area contributed by atoms with Gasteiger partial charge < -0.3 is 0 Å². The van der Waals surface area contributed by atoms with Crippen LogP contribution in [-0.4, -0.2) is 16.2 Å². The fourth-order valence-corrected chi connectivity index (χ4v) is 2.72. The lowest BCUT2D eigenvalue weighted by molar-refractivity contribution is 0.625. The van der Waals surface area contributed by atoms with Crippen molar-refractivity contribution in [2.45, 2.75) is 5.33 Å². The van der Waals surface area contributed by atoms with Crippen LogP contribution in [0.4, 0.5) is 10.3 Å². The predicted octanol–water partition coefficient (Wildman–Crippen LogP) is 3.79. The molecule has 0 saturated heterocycles. The van der Waals surface area contributed by atoms with Crippen molar-refractivity contribution in [3.8, 4) is 17.3 Å². The van der Waals surface area contributed by atoms with Gasteiger partial charge in [0.25, 0.3) is 5.56 Å². The van der Waals surface area contributed by atoms with Crippen molar-refractivity contribution in [3.05, 3.63) is 81.4 Å². The van der Waals surface area contributed by atoms with Crippen molar-refractivity contribution in [2.24, 2.45) is 5.10 Å². The molecule has 0 amide bonds. The average molecular weight is 426 g/mol. The smallest absolute Gasteiger partial charge is 0.270 e. The second kappa shape index (κ2) is 8.38. The van der Waals surface area contributed by atoms with Gasteiger partial charge in [-0.25, -0.2) is 14.8 Å². The maximum Gasteiger partial charge on any atom is 0.270 e. The van der Waals surface area contributed by atoms with Gasteiger partial charge in [-0.05, 0) is 17.7 Å². The van der Waals surface area contributed by atoms with E-state index in [4.69, 9.17) is 0 Å². The fourth-order valence-electron chi connectivity index (χ4n) is 2.37. The normalized spacial score (nSPS) is 10.7. The molecule has 0 unspecified atom stereocenters. The second-order valence-corrected chi connectivity index (χ2v) is 6.04. The predicted molar refractivity (Wildman–Crippen MR) is 105 cm³/mol. The lowest BCUT2D eigenvalue weighted by Gasteiger charge is -2.06. The van der Waals surface area contributed by atoms with Crippen LogP contribution in [-0.2, 0) is 5.33 Å². The lowest BCUT2D eigenvalue weighted by Crippen LogP contribution is -2.16. The van der Waals surface area contributed by atoms with Crippen LogP contribution in [0.3, 0.4) is 0 Å². The number of alkyl halides is 1. The molecule has 8 heteroatoms. The molecule has 3 rings (SSSR count). The van der Waals surface area contributed by atoms with Gasteiger partial charge in [0.2, 0.25) is 5.95 Å². The number of hydrazone groups is 1. The average Bonchev–Trinajstić information content (AvgIpc) is 2.69.